The van der Waals surface area contributed by atoms with Crippen molar-refractivity contribution in [2.75, 3.05) is 9.80 Å². The second kappa shape index (κ2) is 18.4. The summed E-state index contributed by atoms with van der Waals surface area (Å²) in [5.74, 6) is 0. The third kappa shape index (κ3) is 6.90. The van der Waals surface area contributed by atoms with Gasteiger partial charge in [0.15, 0.2) is 0 Å². The molecule has 0 radical (unpaired) electrons. The molecule has 2 aliphatic carbocycles. The largest absolute Gasteiger partial charge is 0.310 e. The minimum Gasteiger partial charge on any atom is -0.310 e. The highest BCUT2D eigenvalue weighted by atomic mass is 15.1. The summed E-state index contributed by atoms with van der Waals surface area (Å²) in [7, 11) is 0. The van der Waals surface area contributed by atoms with Crippen LogP contribution in [-0.4, -0.2) is 0 Å². The average molecular weight is 993 g/mol. The summed E-state index contributed by atoms with van der Waals surface area (Å²) in [4.78, 5) is 4.74. The zero-order valence-electron chi connectivity index (χ0n) is 42.9. The minimum absolute atomic E-state index is 0.653. The summed E-state index contributed by atoms with van der Waals surface area (Å²) >= 11 is 0. The van der Waals surface area contributed by atoms with Gasteiger partial charge in [-0.05, 0) is 185 Å². The van der Waals surface area contributed by atoms with Gasteiger partial charge < -0.3 is 9.80 Å². The zero-order chi connectivity index (χ0) is 51.6. The van der Waals surface area contributed by atoms with Crippen LogP contribution in [0.25, 0.3) is 43.8 Å². The number of anilines is 6. The molecule has 0 saturated carbocycles. The van der Waals surface area contributed by atoms with Crippen molar-refractivity contribution in [1.29, 1.82) is 0 Å². The predicted molar refractivity (Wildman–Crippen MR) is 325 cm³/mol. The van der Waals surface area contributed by atoms with E-state index < -0.39 is 10.8 Å². The summed E-state index contributed by atoms with van der Waals surface area (Å²) in [5, 5.41) is 4.77. The van der Waals surface area contributed by atoms with Gasteiger partial charge in [-0.3, -0.25) is 0 Å². The Labute approximate surface area is 456 Å². The highest BCUT2D eigenvalue weighted by Crippen LogP contribution is 2.65. The van der Waals surface area contributed by atoms with Gasteiger partial charge in [-0.2, -0.15) is 0 Å². The molecule has 2 nitrogen and oxygen atoms in total. The molecule has 0 fully saturated rings. The highest BCUT2D eigenvalue weighted by molar-refractivity contribution is 6.08. The third-order valence-corrected chi connectivity index (χ3v) is 16.7. The second-order valence-corrected chi connectivity index (χ2v) is 20.7. The highest BCUT2D eigenvalue weighted by Gasteiger charge is 2.53. The van der Waals surface area contributed by atoms with Crippen LogP contribution in [0.5, 0.6) is 0 Å². The molecule has 0 atom stereocenters. The van der Waals surface area contributed by atoms with Crippen LogP contribution in [0.15, 0.2) is 315 Å². The van der Waals surface area contributed by atoms with Crippen LogP contribution in [-0.2, 0) is 10.8 Å². The quantitative estimate of drug-likeness (QED) is 0.135. The minimum atomic E-state index is -0.653. The Kier molecular flexibility index (Phi) is 10.7. The van der Waals surface area contributed by atoms with E-state index in [0.717, 1.165) is 34.1 Å². The topological polar surface area (TPSA) is 6.48 Å². The maximum Gasteiger partial charge on any atom is 0.0714 e. The number of para-hydroxylation sites is 4. The van der Waals surface area contributed by atoms with E-state index in [9.17, 15) is 0 Å². The molecule has 2 aliphatic rings. The number of rotatable bonds is 10. The molecular formula is C76H52N2. The normalized spacial score (nSPS) is 13.3. The standard InChI is InChI=1S/C76H52N2/c1-9-25-57(26-10-1)75(58-27-11-2-12-28-58)69-45-46-70-74(73(69)67-49-53-41-43-65(47-55(53)51-71(67)75)77(61-33-17-5-18-34-61)62-35-19-6-20-36-62)68-50-54-42-44-66(78(63-37-21-7-22-38-63)64-39-23-8-24-40-64)48-56(54)52-72(68)76(70,59-29-13-3-14-30-59)60-31-15-4-16-32-60/h1-52H. The monoisotopic (exact) mass is 992 g/mol. The van der Waals surface area contributed by atoms with Crippen LogP contribution in [0.2, 0.25) is 0 Å². The molecule has 0 aromatic heterocycles. The third-order valence-electron chi connectivity index (χ3n) is 16.7. The second-order valence-electron chi connectivity index (χ2n) is 20.7. The molecule has 13 aromatic rings. The van der Waals surface area contributed by atoms with E-state index in [-0.39, 0.29) is 0 Å². The first-order valence-corrected chi connectivity index (χ1v) is 27.1. The number of fused-ring (bicyclic) bond motifs is 9. The lowest BCUT2D eigenvalue weighted by Crippen LogP contribution is -2.30. The van der Waals surface area contributed by atoms with Gasteiger partial charge in [-0.25, -0.2) is 0 Å². The van der Waals surface area contributed by atoms with Crippen LogP contribution in [0.1, 0.15) is 44.5 Å². The Morgan fingerprint density at radius 2 is 0.462 bits per heavy atom. The Bertz CT molecular complexity index is 3890. The van der Waals surface area contributed by atoms with Gasteiger partial charge >= 0.3 is 0 Å². The first-order chi connectivity index (χ1) is 38.7. The molecule has 0 bridgehead atoms. The molecule has 0 heterocycles. The van der Waals surface area contributed by atoms with E-state index in [1.807, 2.05) is 0 Å². The zero-order valence-corrected chi connectivity index (χ0v) is 42.9. The van der Waals surface area contributed by atoms with Crippen molar-refractivity contribution in [2.24, 2.45) is 0 Å². The first-order valence-electron chi connectivity index (χ1n) is 27.1. The molecule has 366 valence electrons. The molecular weight excluding hydrogens is 941 g/mol. The van der Waals surface area contributed by atoms with Crippen molar-refractivity contribution in [3.8, 4) is 22.3 Å². The molecule has 2 heteroatoms. The average Bonchev–Trinajstić information content (AvgIpc) is 4.19. The van der Waals surface area contributed by atoms with E-state index in [4.69, 9.17) is 0 Å². The Balaban J connectivity index is 1.04. The van der Waals surface area contributed by atoms with E-state index in [1.165, 1.54) is 88.3 Å². The van der Waals surface area contributed by atoms with Crippen LogP contribution >= 0.6 is 0 Å². The first kappa shape index (κ1) is 45.4. The van der Waals surface area contributed by atoms with Crippen molar-refractivity contribution < 1.29 is 0 Å². The molecule has 0 unspecified atom stereocenters. The lowest BCUT2D eigenvalue weighted by molar-refractivity contribution is 0.758. The number of hydrogen-bond acceptors (Lipinski definition) is 2. The maximum atomic E-state index is 2.53. The van der Waals surface area contributed by atoms with Crippen molar-refractivity contribution in [1.82, 2.24) is 0 Å². The van der Waals surface area contributed by atoms with Crippen molar-refractivity contribution >= 4 is 55.7 Å². The number of benzene rings is 13. The SMILES string of the molecule is c1ccc(N(c2ccccc2)c2ccc3cc4c(cc3c2)C(c2ccccc2)(c2ccccc2)c2ccc3c(c2-4)-c2cc4ccc(N(c5ccccc5)c5ccccc5)cc4cc2C3(c2ccccc2)c2ccccc2)cc1. The molecule has 0 spiro atoms. The lowest BCUT2D eigenvalue weighted by Gasteiger charge is -2.35. The Morgan fingerprint density at radius 1 is 0.192 bits per heavy atom. The molecule has 0 aliphatic heterocycles. The van der Waals surface area contributed by atoms with Crippen LogP contribution in [0, 0.1) is 0 Å². The molecule has 0 saturated heterocycles. The summed E-state index contributed by atoms with van der Waals surface area (Å²) in [6, 6.07) is 117. The van der Waals surface area contributed by atoms with Gasteiger partial charge in [0.2, 0.25) is 0 Å². The number of nitrogens with zero attached hydrogens (tertiary/aromatic N) is 2. The van der Waals surface area contributed by atoms with Crippen molar-refractivity contribution in [2.45, 2.75) is 10.8 Å². The van der Waals surface area contributed by atoms with Gasteiger partial charge in [0.25, 0.3) is 0 Å². The number of hydrogen-bond donors (Lipinski definition) is 0. The van der Waals surface area contributed by atoms with Crippen LogP contribution < -0.4 is 9.80 Å². The fourth-order valence-corrected chi connectivity index (χ4v) is 13.5. The Morgan fingerprint density at radius 3 is 0.744 bits per heavy atom. The summed E-state index contributed by atoms with van der Waals surface area (Å²) < 4.78 is 0. The van der Waals surface area contributed by atoms with Gasteiger partial charge in [0.05, 0.1) is 10.8 Å². The van der Waals surface area contributed by atoms with Gasteiger partial charge in [0, 0.05) is 34.1 Å². The van der Waals surface area contributed by atoms with E-state index in [1.54, 1.807) is 0 Å². The molecule has 15 rings (SSSR count). The van der Waals surface area contributed by atoms with Gasteiger partial charge in [-0.15, -0.1) is 0 Å². The molecule has 78 heavy (non-hydrogen) atoms. The van der Waals surface area contributed by atoms with Crippen molar-refractivity contribution in [3.63, 3.8) is 0 Å². The summed E-state index contributed by atoms with van der Waals surface area (Å²) in [5.41, 5.74) is 20.6. The van der Waals surface area contributed by atoms with E-state index in [2.05, 4.69) is 325 Å². The van der Waals surface area contributed by atoms with Crippen LogP contribution in [0.4, 0.5) is 34.1 Å². The van der Waals surface area contributed by atoms with E-state index >= 15 is 0 Å². The molecule has 0 amide bonds. The fraction of sp³-hybridized carbons (Fsp3) is 0.0263. The van der Waals surface area contributed by atoms with Crippen LogP contribution in [0.3, 0.4) is 0 Å². The molecule has 13 aromatic carbocycles. The predicted octanol–water partition coefficient (Wildman–Crippen LogP) is 19.7. The van der Waals surface area contributed by atoms with Crippen molar-refractivity contribution in [3.05, 3.63) is 360 Å². The maximum absolute atomic E-state index is 2.53. The lowest BCUT2D eigenvalue weighted by atomic mass is 9.65. The Hall–Kier alpha value is -10.0. The van der Waals surface area contributed by atoms with Gasteiger partial charge in [0.1, 0.15) is 0 Å². The smallest absolute Gasteiger partial charge is 0.0714 e. The molecule has 0 N–H and O–H groups in total. The summed E-state index contributed by atoms with van der Waals surface area (Å²) in [6.45, 7) is 0. The van der Waals surface area contributed by atoms with Gasteiger partial charge in [-0.1, -0.05) is 218 Å². The van der Waals surface area contributed by atoms with E-state index in [0.29, 0.717) is 0 Å². The fourth-order valence-electron chi connectivity index (χ4n) is 13.5. The summed E-state index contributed by atoms with van der Waals surface area (Å²) in [6.07, 6.45) is 0.